The van der Waals surface area contributed by atoms with Gasteiger partial charge in [-0.3, -0.25) is 9.59 Å². The van der Waals surface area contributed by atoms with Crippen molar-refractivity contribution in [3.8, 4) is 17.2 Å². The molecule has 24 heavy (non-hydrogen) atoms. The highest BCUT2D eigenvalue weighted by atomic mass is 35.5. The van der Waals surface area contributed by atoms with Gasteiger partial charge >= 0.3 is 5.97 Å². The summed E-state index contributed by atoms with van der Waals surface area (Å²) < 4.78 is 15.4. The molecule has 0 aliphatic carbocycles. The Labute approximate surface area is 144 Å². The van der Waals surface area contributed by atoms with Crippen LogP contribution in [0.4, 0.5) is 5.69 Å². The van der Waals surface area contributed by atoms with E-state index in [0.29, 0.717) is 22.2 Å². The minimum Gasteiger partial charge on any atom is -0.495 e. The van der Waals surface area contributed by atoms with Crippen molar-refractivity contribution in [1.82, 2.24) is 0 Å². The van der Waals surface area contributed by atoms with Gasteiger partial charge in [-0.15, -0.1) is 0 Å². The molecule has 0 aromatic heterocycles. The zero-order valence-corrected chi connectivity index (χ0v) is 14.1. The van der Waals surface area contributed by atoms with Crippen molar-refractivity contribution in [2.75, 3.05) is 19.5 Å². The van der Waals surface area contributed by atoms with E-state index in [1.807, 2.05) is 0 Å². The number of esters is 1. The summed E-state index contributed by atoms with van der Waals surface area (Å²) in [6, 6.07) is 9.51. The maximum Gasteiger partial charge on any atom is 0.308 e. The molecular weight excluding hydrogens is 334 g/mol. The highest BCUT2D eigenvalue weighted by molar-refractivity contribution is 6.32. The monoisotopic (exact) mass is 349 g/mol. The molecule has 2 aromatic rings. The highest BCUT2D eigenvalue weighted by Crippen LogP contribution is 2.36. The van der Waals surface area contributed by atoms with Gasteiger partial charge in [0, 0.05) is 19.1 Å². The average Bonchev–Trinajstić information content (AvgIpc) is 2.55. The van der Waals surface area contributed by atoms with E-state index in [-0.39, 0.29) is 11.3 Å². The van der Waals surface area contributed by atoms with Crippen LogP contribution in [0, 0.1) is 0 Å². The van der Waals surface area contributed by atoms with E-state index in [9.17, 15) is 9.59 Å². The Kier molecular flexibility index (Phi) is 5.65. The Morgan fingerprint density at radius 1 is 1.00 bits per heavy atom. The van der Waals surface area contributed by atoms with E-state index in [1.54, 1.807) is 24.3 Å². The standard InChI is InChI=1S/C17H16ClNO5/c1-10(20)24-14-7-5-4-6-11(14)17(21)19-13-9-15(22-2)12(18)8-16(13)23-3/h4-9H,1-3H3,(H,19,21). The van der Waals surface area contributed by atoms with E-state index >= 15 is 0 Å². The number of hydrogen-bond donors (Lipinski definition) is 1. The van der Waals surface area contributed by atoms with Crippen molar-refractivity contribution in [3.63, 3.8) is 0 Å². The molecule has 7 heteroatoms. The summed E-state index contributed by atoms with van der Waals surface area (Å²) >= 11 is 6.04. The first-order chi connectivity index (χ1) is 11.5. The quantitative estimate of drug-likeness (QED) is 0.660. The second-order valence-electron chi connectivity index (χ2n) is 4.73. The van der Waals surface area contributed by atoms with E-state index < -0.39 is 11.9 Å². The molecule has 126 valence electrons. The number of ether oxygens (including phenoxy) is 3. The first-order valence-corrected chi connectivity index (χ1v) is 7.34. The lowest BCUT2D eigenvalue weighted by atomic mass is 10.1. The number of nitrogens with one attached hydrogen (secondary N) is 1. The summed E-state index contributed by atoms with van der Waals surface area (Å²) in [7, 11) is 2.93. The van der Waals surface area contributed by atoms with E-state index in [2.05, 4.69) is 5.32 Å². The van der Waals surface area contributed by atoms with Gasteiger partial charge in [-0.1, -0.05) is 23.7 Å². The van der Waals surface area contributed by atoms with Gasteiger partial charge in [0.2, 0.25) is 0 Å². The Morgan fingerprint density at radius 3 is 2.29 bits per heavy atom. The van der Waals surface area contributed by atoms with Crippen LogP contribution in [0.1, 0.15) is 17.3 Å². The van der Waals surface area contributed by atoms with Crippen LogP contribution >= 0.6 is 11.6 Å². The number of rotatable bonds is 5. The topological polar surface area (TPSA) is 73.9 Å². The number of amides is 1. The highest BCUT2D eigenvalue weighted by Gasteiger charge is 2.17. The summed E-state index contributed by atoms with van der Waals surface area (Å²) in [4.78, 5) is 23.7. The van der Waals surface area contributed by atoms with E-state index in [4.69, 9.17) is 25.8 Å². The second kappa shape index (κ2) is 7.70. The van der Waals surface area contributed by atoms with Crippen molar-refractivity contribution in [3.05, 3.63) is 47.0 Å². The molecule has 0 saturated carbocycles. The number of hydrogen-bond acceptors (Lipinski definition) is 5. The normalized spacial score (nSPS) is 10.0. The Morgan fingerprint density at radius 2 is 1.67 bits per heavy atom. The Hall–Kier alpha value is -2.73. The van der Waals surface area contributed by atoms with Crippen LogP contribution in [0.3, 0.4) is 0 Å². The fourth-order valence-electron chi connectivity index (χ4n) is 2.05. The molecule has 0 radical (unpaired) electrons. The lowest BCUT2D eigenvalue weighted by Gasteiger charge is -2.14. The summed E-state index contributed by atoms with van der Waals surface area (Å²) in [6.07, 6.45) is 0. The molecule has 6 nitrogen and oxygen atoms in total. The molecule has 0 saturated heterocycles. The van der Waals surface area contributed by atoms with Gasteiger partial charge in [-0.25, -0.2) is 0 Å². The van der Waals surface area contributed by atoms with Crippen molar-refractivity contribution < 1.29 is 23.8 Å². The fourth-order valence-corrected chi connectivity index (χ4v) is 2.28. The van der Waals surface area contributed by atoms with Crippen molar-refractivity contribution >= 4 is 29.2 Å². The summed E-state index contributed by atoms with van der Waals surface area (Å²) in [5, 5.41) is 3.05. The van der Waals surface area contributed by atoms with Gasteiger partial charge in [0.05, 0.1) is 30.5 Å². The van der Waals surface area contributed by atoms with Crippen LogP contribution in [-0.4, -0.2) is 26.1 Å². The minimum atomic E-state index is -0.513. The van der Waals surface area contributed by atoms with Gasteiger partial charge in [-0.2, -0.15) is 0 Å². The lowest BCUT2D eigenvalue weighted by Crippen LogP contribution is -2.15. The SMILES string of the molecule is COc1cc(NC(=O)c2ccccc2OC(C)=O)c(OC)cc1Cl. The summed E-state index contributed by atoms with van der Waals surface area (Å²) in [5.41, 5.74) is 0.588. The molecule has 0 spiro atoms. The molecule has 0 atom stereocenters. The molecule has 0 fully saturated rings. The largest absolute Gasteiger partial charge is 0.495 e. The number of halogens is 1. The summed E-state index contributed by atoms with van der Waals surface area (Å²) in [5.74, 6) is -0.0435. The van der Waals surface area contributed by atoms with Crippen LogP contribution in [0.5, 0.6) is 17.2 Å². The van der Waals surface area contributed by atoms with E-state index in [0.717, 1.165) is 0 Å². The number of benzene rings is 2. The second-order valence-corrected chi connectivity index (χ2v) is 5.14. The minimum absolute atomic E-state index is 0.169. The van der Waals surface area contributed by atoms with Crippen molar-refractivity contribution in [1.29, 1.82) is 0 Å². The Bertz CT molecular complexity index is 776. The third-order valence-electron chi connectivity index (χ3n) is 3.11. The van der Waals surface area contributed by atoms with Gasteiger partial charge < -0.3 is 19.5 Å². The van der Waals surface area contributed by atoms with Gasteiger partial charge in [-0.05, 0) is 12.1 Å². The number of methoxy groups -OCH3 is 2. The van der Waals surface area contributed by atoms with E-state index in [1.165, 1.54) is 33.3 Å². The summed E-state index contributed by atoms with van der Waals surface area (Å²) in [6.45, 7) is 1.27. The maximum atomic E-state index is 12.5. The van der Waals surface area contributed by atoms with Gasteiger partial charge in [0.25, 0.3) is 5.91 Å². The first-order valence-electron chi connectivity index (χ1n) is 6.96. The third kappa shape index (κ3) is 3.97. The molecule has 0 unspecified atom stereocenters. The molecule has 1 amide bonds. The molecule has 2 rings (SSSR count). The van der Waals surface area contributed by atoms with Crippen LogP contribution in [-0.2, 0) is 4.79 Å². The van der Waals surface area contributed by atoms with Gasteiger partial charge in [0.1, 0.15) is 17.2 Å². The molecule has 0 aliphatic rings. The van der Waals surface area contributed by atoms with Gasteiger partial charge in [0.15, 0.2) is 0 Å². The van der Waals surface area contributed by atoms with Crippen LogP contribution in [0.15, 0.2) is 36.4 Å². The average molecular weight is 350 g/mol. The molecule has 1 N–H and O–H groups in total. The Balaban J connectivity index is 2.35. The zero-order chi connectivity index (χ0) is 17.7. The predicted octanol–water partition coefficient (Wildman–Crippen LogP) is 3.53. The third-order valence-corrected chi connectivity index (χ3v) is 3.40. The smallest absolute Gasteiger partial charge is 0.308 e. The number of para-hydroxylation sites is 1. The number of carbonyl (C=O) groups is 2. The lowest BCUT2D eigenvalue weighted by molar-refractivity contribution is -0.131. The molecule has 0 bridgehead atoms. The van der Waals surface area contributed by atoms with Crippen molar-refractivity contribution in [2.24, 2.45) is 0 Å². The molecule has 2 aromatic carbocycles. The predicted molar refractivity (Wildman–Crippen MR) is 90.3 cm³/mol. The maximum absolute atomic E-state index is 12.5. The molecular formula is C17H16ClNO5. The van der Waals surface area contributed by atoms with Crippen LogP contribution < -0.4 is 19.5 Å². The first kappa shape index (κ1) is 17.6. The van der Waals surface area contributed by atoms with Crippen molar-refractivity contribution in [2.45, 2.75) is 6.92 Å². The van der Waals surface area contributed by atoms with Crippen LogP contribution in [0.2, 0.25) is 5.02 Å². The molecule has 0 heterocycles. The number of carbonyl (C=O) groups excluding carboxylic acids is 2. The fraction of sp³-hybridized carbons (Fsp3) is 0.176. The van der Waals surface area contributed by atoms with Crippen LogP contribution in [0.25, 0.3) is 0 Å². The molecule has 0 aliphatic heterocycles. The zero-order valence-electron chi connectivity index (χ0n) is 13.4. The number of anilines is 1.